The summed E-state index contributed by atoms with van der Waals surface area (Å²) in [4.78, 5) is 1.33. The van der Waals surface area contributed by atoms with E-state index in [0.29, 0.717) is 5.92 Å². The molecule has 1 aromatic heterocycles. The van der Waals surface area contributed by atoms with Crippen LogP contribution in [0.3, 0.4) is 0 Å². The second kappa shape index (κ2) is 4.77. The minimum Gasteiger partial charge on any atom is -0.396 e. The molecule has 90 valence electrons. The molecular formula is C12H17BrO2S. The van der Waals surface area contributed by atoms with E-state index in [2.05, 4.69) is 41.9 Å². The van der Waals surface area contributed by atoms with Crippen LogP contribution >= 0.6 is 27.3 Å². The molecule has 1 aromatic rings. The zero-order chi connectivity index (χ0) is 11.8. The maximum atomic E-state index is 9.60. The average molecular weight is 305 g/mol. The normalized spacial score (nSPS) is 20.8. The van der Waals surface area contributed by atoms with Crippen molar-refractivity contribution in [3.05, 3.63) is 20.8 Å². The standard InChI is InChI=1S/C12H17BrO2S/c1-8(2)9(5-14)12(6-15-7-12)10-3-4-11(13)16-10/h3-4,8-9,14H,5-7H2,1-2H3. The van der Waals surface area contributed by atoms with Gasteiger partial charge in [0.1, 0.15) is 0 Å². The number of rotatable bonds is 4. The van der Waals surface area contributed by atoms with Crippen molar-refractivity contribution in [2.24, 2.45) is 11.8 Å². The van der Waals surface area contributed by atoms with E-state index in [1.165, 1.54) is 4.88 Å². The summed E-state index contributed by atoms with van der Waals surface area (Å²) in [6, 6.07) is 4.23. The smallest absolute Gasteiger partial charge is 0.0701 e. The van der Waals surface area contributed by atoms with Crippen molar-refractivity contribution in [3.63, 3.8) is 0 Å². The van der Waals surface area contributed by atoms with Crippen LogP contribution in [0.2, 0.25) is 0 Å². The Morgan fingerprint density at radius 3 is 2.50 bits per heavy atom. The molecule has 1 saturated heterocycles. The summed E-state index contributed by atoms with van der Waals surface area (Å²) in [5.74, 6) is 0.751. The molecule has 0 aliphatic carbocycles. The van der Waals surface area contributed by atoms with E-state index in [9.17, 15) is 5.11 Å². The highest BCUT2D eigenvalue weighted by atomic mass is 79.9. The highest BCUT2D eigenvalue weighted by Crippen LogP contribution is 2.46. The fourth-order valence-corrected chi connectivity index (χ4v) is 4.08. The number of aliphatic hydroxyl groups is 1. The second-order valence-electron chi connectivity index (χ2n) is 4.79. The summed E-state index contributed by atoms with van der Waals surface area (Å²) in [7, 11) is 0. The molecule has 2 rings (SSSR count). The largest absolute Gasteiger partial charge is 0.396 e. The van der Waals surface area contributed by atoms with Gasteiger partial charge in [-0.05, 0) is 39.9 Å². The Bertz CT molecular complexity index is 358. The SMILES string of the molecule is CC(C)C(CO)C1(c2ccc(Br)s2)COC1. The number of hydrogen-bond donors (Lipinski definition) is 1. The van der Waals surface area contributed by atoms with Crippen LogP contribution in [0.25, 0.3) is 0 Å². The summed E-state index contributed by atoms with van der Waals surface area (Å²) < 4.78 is 6.56. The molecule has 16 heavy (non-hydrogen) atoms. The molecular weight excluding hydrogens is 288 g/mol. The molecule has 4 heteroatoms. The van der Waals surface area contributed by atoms with Crippen LogP contribution in [-0.2, 0) is 10.2 Å². The fourth-order valence-electron chi connectivity index (χ4n) is 2.47. The Kier molecular flexibility index (Phi) is 3.74. The van der Waals surface area contributed by atoms with E-state index in [-0.39, 0.29) is 17.9 Å². The van der Waals surface area contributed by atoms with Crippen molar-refractivity contribution in [1.29, 1.82) is 0 Å². The van der Waals surface area contributed by atoms with Crippen molar-refractivity contribution in [2.75, 3.05) is 19.8 Å². The molecule has 1 unspecified atom stereocenters. The van der Waals surface area contributed by atoms with E-state index < -0.39 is 0 Å². The molecule has 0 bridgehead atoms. The summed E-state index contributed by atoms with van der Waals surface area (Å²) >= 11 is 5.26. The van der Waals surface area contributed by atoms with E-state index in [1.807, 2.05) is 0 Å². The Morgan fingerprint density at radius 2 is 2.19 bits per heavy atom. The van der Waals surface area contributed by atoms with Gasteiger partial charge in [0.15, 0.2) is 0 Å². The lowest BCUT2D eigenvalue weighted by Crippen LogP contribution is -2.54. The molecule has 2 nitrogen and oxygen atoms in total. The van der Waals surface area contributed by atoms with Crippen molar-refractivity contribution in [1.82, 2.24) is 0 Å². The summed E-state index contributed by atoms with van der Waals surface area (Å²) in [6.45, 7) is 6.05. The molecule has 1 fully saturated rings. The van der Waals surface area contributed by atoms with Crippen LogP contribution < -0.4 is 0 Å². The molecule has 2 heterocycles. The second-order valence-corrected chi connectivity index (χ2v) is 7.25. The summed E-state index contributed by atoms with van der Waals surface area (Å²) in [6.07, 6.45) is 0. The molecule has 0 saturated carbocycles. The molecule has 0 radical (unpaired) electrons. The zero-order valence-electron chi connectivity index (χ0n) is 9.57. The van der Waals surface area contributed by atoms with Crippen LogP contribution in [-0.4, -0.2) is 24.9 Å². The van der Waals surface area contributed by atoms with Gasteiger partial charge in [0.25, 0.3) is 0 Å². The minimum atomic E-state index is 0.0413. The molecule has 0 spiro atoms. The first-order valence-electron chi connectivity index (χ1n) is 5.54. The molecule has 0 aromatic carbocycles. The van der Waals surface area contributed by atoms with Crippen molar-refractivity contribution in [2.45, 2.75) is 19.3 Å². The molecule has 1 aliphatic rings. The van der Waals surface area contributed by atoms with Gasteiger partial charge in [-0.25, -0.2) is 0 Å². The highest BCUT2D eigenvalue weighted by molar-refractivity contribution is 9.11. The third-order valence-electron chi connectivity index (χ3n) is 3.49. The zero-order valence-corrected chi connectivity index (χ0v) is 12.0. The van der Waals surface area contributed by atoms with Gasteiger partial charge in [0.05, 0.1) is 22.4 Å². The first-order chi connectivity index (χ1) is 7.60. The summed E-state index contributed by atoms with van der Waals surface area (Å²) in [5.41, 5.74) is 0.0413. The van der Waals surface area contributed by atoms with Gasteiger partial charge in [0.2, 0.25) is 0 Å². The van der Waals surface area contributed by atoms with E-state index in [1.54, 1.807) is 11.3 Å². The number of hydrogen-bond acceptors (Lipinski definition) is 3. The number of aliphatic hydroxyl groups excluding tert-OH is 1. The van der Waals surface area contributed by atoms with Gasteiger partial charge in [-0.3, -0.25) is 0 Å². The predicted octanol–water partition coefficient (Wildman–Crippen LogP) is 3.04. The maximum absolute atomic E-state index is 9.60. The fraction of sp³-hybridized carbons (Fsp3) is 0.667. The Morgan fingerprint density at radius 1 is 1.50 bits per heavy atom. The Hall–Kier alpha value is 0.1000. The van der Waals surface area contributed by atoms with Crippen molar-refractivity contribution < 1.29 is 9.84 Å². The third-order valence-corrected chi connectivity index (χ3v) is 5.34. The first kappa shape index (κ1) is 12.6. The van der Waals surface area contributed by atoms with Crippen molar-refractivity contribution >= 4 is 27.3 Å². The minimum absolute atomic E-state index is 0.0413. The molecule has 1 N–H and O–H groups in total. The van der Waals surface area contributed by atoms with Gasteiger partial charge in [-0.15, -0.1) is 11.3 Å². The number of thiophene rings is 1. The summed E-state index contributed by atoms with van der Waals surface area (Å²) in [5, 5.41) is 9.60. The monoisotopic (exact) mass is 304 g/mol. The molecule has 1 aliphatic heterocycles. The average Bonchev–Trinajstić information content (AvgIpc) is 2.57. The van der Waals surface area contributed by atoms with Gasteiger partial charge >= 0.3 is 0 Å². The van der Waals surface area contributed by atoms with E-state index >= 15 is 0 Å². The molecule has 0 amide bonds. The lowest BCUT2D eigenvalue weighted by molar-refractivity contribution is -0.109. The van der Waals surface area contributed by atoms with Crippen molar-refractivity contribution in [3.8, 4) is 0 Å². The number of halogens is 1. The first-order valence-corrected chi connectivity index (χ1v) is 7.15. The van der Waals surface area contributed by atoms with Crippen LogP contribution in [0, 0.1) is 11.8 Å². The lowest BCUT2D eigenvalue weighted by Gasteiger charge is -2.47. The van der Waals surface area contributed by atoms with Gasteiger partial charge in [-0.1, -0.05) is 13.8 Å². The van der Waals surface area contributed by atoms with Gasteiger partial charge in [-0.2, -0.15) is 0 Å². The highest BCUT2D eigenvalue weighted by Gasteiger charge is 2.48. The predicted molar refractivity (Wildman–Crippen MR) is 69.9 cm³/mol. The third kappa shape index (κ3) is 1.96. The Balaban J connectivity index is 2.31. The van der Waals surface area contributed by atoms with Crippen LogP contribution in [0.1, 0.15) is 18.7 Å². The van der Waals surface area contributed by atoms with Crippen LogP contribution in [0.15, 0.2) is 15.9 Å². The topological polar surface area (TPSA) is 29.5 Å². The Labute approximate surface area is 109 Å². The molecule has 1 atom stereocenters. The lowest BCUT2D eigenvalue weighted by atomic mass is 9.68. The number of ether oxygens (including phenoxy) is 1. The van der Waals surface area contributed by atoms with Crippen LogP contribution in [0.5, 0.6) is 0 Å². The van der Waals surface area contributed by atoms with Gasteiger partial charge in [0, 0.05) is 11.5 Å². The van der Waals surface area contributed by atoms with E-state index in [4.69, 9.17) is 4.74 Å². The maximum Gasteiger partial charge on any atom is 0.0701 e. The van der Waals surface area contributed by atoms with Gasteiger partial charge < -0.3 is 9.84 Å². The van der Waals surface area contributed by atoms with E-state index in [0.717, 1.165) is 17.0 Å². The quantitative estimate of drug-likeness (QED) is 0.926. The van der Waals surface area contributed by atoms with Crippen LogP contribution in [0.4, 0.5) is 0 Å².